The Hall–Kier alpha value is -7.76. The van der Waals surface area contributed by atoms with Gasteiger partial charge >= 0.3 is 55.4 Å². The first-order valence-corrected chi connectivity index (χ1v) is 25.9. The van der Waals surface area contributed by atoms with Gasteiger partial charge in [0.15, 0.2) is 18.4 Å². The van der Waals surface area contributed by atoms with E-state index in [1.807, 2.05) is 62.4 Å². The fourth-order valence-electron chi connectivity index (χ4n) is 10.4. The second kappa shape index (κ2) is 24.9. The molecule has 408 valence electrons. The summed E-state index contributed by atoms with van der Waals surface area (Å²) >= 11 is 0. The molecule has 8 rings (SSSR count). The van der Waals surface area contributed by atoms with Gasteiger partial charge in [-0.3, -0.25) is 28.9 Å². The third-order valence-corrected chi connectivity index (χ3v) is 14.5. The number of nitrogens with one attached hydrogen (secondary N) is 1. The first-order chi connectivity index (χ1) is 37.2. The maximum atomic E-state index is 13.6. The zero-order valence-electron chi connectivity index (χ0n) is 46.6. The summed E-state index contributed by atoms with van der Waals surface area (Å²) in [7, 11) is 2.75. The van der Waals surface area contributed by atoms with Crippen LogP contribution in [0.25, 0.3) is 61.6 Å². The molecule has 0 spiro atoms. The number of allylic oxidation sites excluding steroid dienone is 5. The number of hydrogen-bond donors (Lipinski definition) is 1. The van der Waals surface area contributed by atoms with Gasteiger partial charge in [-0.25, -0.2) is 14.8 Å². The minimum atomic E-state index is -1.28. The average molecular weight is 1130 g/mol. The van der Waals surface area contributed by atoms with E-state index >= 15 is 0 Å². The van der Waals surface area contributed by atoms with Gasteiger partial charge in [-0.05, 0) is 92.4 Å². The number of hydrogen-bond acceptors (Lipinski definition) is 14. The number of aromatic nitrogens is 4. The van der Waals surface area contributed by atoms with Gasteiger partial charge in [-0.2, -0.15) is 0 Å². The van der Waals surface area contributed by atoms with Crippen molar-refractivity contribution in [2.24, 2.45) is 0 Å². The molecule has 18 nitrogen and oxygen atoms in total. The molecule has 1 saturated heterocycles. The third kappa shape index (κ3) is 12.4. The van der Waals surface area contributed by atoms with Crippen molar-refractivity contribution in [1.29, 1.82) is 0 Å². The molecule has 4 aliphatic rings. The molecule has 0 unspecified atom stereocenters. The number of methoxy groups -OCH3 is 2. The molecule has 4 atom stereocenters. The molecule has 2 amide bonds. The van der Waals surface area contributed by atoms with E-state index in [0.717, 1.165) is 83.7 Å². The third-order valence-electron chi connectivity index (χ3n) is 14.5. The van der Waals surface area contributed by atoms with Crippen molar-refractivity contribution in [3.63, 3.8) is 0 Å². The number of urea groups is 1. The van der Waals surface area contributed by atoms with Crippen molar-refractivity contribution >= 4 is 86.3 Å². The van der Waals surface area contributed by atoms with Gasteiger partial charge in [0.2, 0.25) is 0 Å². The van der Waals surface area contributed by atoms with Crippen molar-refractivity contribution in [3.05, 3.63) is 123 Å². The molecular weight excluding hydrogens is 1060 g/mol. The number of carbonyl (C=O) groups is 6. The Morgan fingerprint density at radius 1 is 0.734 bits per heavy atom. The van der Waals surface area contributed by atoms with E-state index in [1.165, 1.54) is 46.1 Å². The molecule has 0 saturated carbocycles. The van der Waals surface area contributed by atoms with Gasteiger partial charge in [-0.15, -0.1) is 22.1 Å². The molecule has 0 radical (unpaired) electrons. The van der Waals surface area contributed by atoms with Crippen molar-refractivity contribution in [2.45, 2.75) is 125 Å². The predicted molar refractivity (Wildman–Crippen MR) is 293 cm³/mol. The Morgan fingerprint density at radius 2 is 1.35 bits per heavy atom. The van der Waals surface area contributed by atoms with Crippen LogP contribution in [0.15, 0.2) is 72.6 Å². The summed E-state index contributed by atoms with van der Waals surface area (Å²) in [6.07, 6.45) is 2.74. The second-order valence-electron chi connectivity index (χ2n) is 19.4. The van der Waals surface area contributed by atoms with Crippen LogP contribution >= 0.6 is 0 Å². The molecule has 3 aromatic heterocycles. The monoisotopic (exact) mass is 1120 g/mol. The van der Waals surface area contributed by atoms with Crippen molar-refractivity contribution < 1.29 is 76.7 Å². The van der Waals surface area contributed by atoms with Gasteiger partial charge in [-0.1, -0.05) is 97.3 Å². The number of carbonyl (C=O) groups excluding carboxylic acids is 6. The molecule has 79 heavy (non-hydrogen) atoms. The quantitative estimate of drug-likeness (QED) is 0.0626. The summed E-state index contributed by atoms with van der Waals surface area (Å²) < 4.78 is 32.5. The Bertz CT molecular complexity index is 3450. The van der Waals surface area contributed by atoms with E-state index in [4.69, 9.17) is 48.4 Å². The van der Waals surface area contributed by atoms with Crippen molar-refractivity contribution in [1.82, 2.24) is 30.2 Å². The van der Waals surface area contributed by atoms with Gasteiger partial charge in [0.25, 0.3) is 0 Å². The Labute approximate surface area is 471 Å². The summed E-state index contributed by atoms with van der Waals surface area (Å²) in [5.41, 5.74) is 16.8. The zero-order valence-corrected chi connectivity index (χ0v) is 49.5. The summed E-state index contributed by atoms with van der Waals surface area (Å²) in [5, 5.41) is 2.74. The van der Waals surface area contributed by atoms with Crippen LogP contribution in [-0.4, -0.2) is 96.1 Å². The maximum Gasteiger partial charge on any atom is 2.00 e. The number of amides is 2. The molecule has 7 heterocycles. The summed E-state index contributed by atoms with van der Waals surface area (Å²) in [6.45, 7) is 19.7. The Morgan fingerprint density at radius 3 is 1.99 bits per heavy atom. The van der Waals surface area contributed by atoms with E-state index in [1.54, 1.807) is 6.08 Å². The predicted octanol–water partition coefficient (Wildman–Crippen LogP) is 9.33. The number of ether oxygens (including phenoxy) is 6. The van der Waals surface area contributed by atoms with E-state index in [2.05, 4.69) is 39.6 Å². The van der Waals surface area contributed by atoms with Gasteiger partial charge in [0, 0.05) is 51.1 Å². The molecule has 4 aliphatic heterocycles. The molecule has 4 aromatic rings. The summed E-state index contributed by atoms with van der Waals surface area (Å²) in [6, 6.07) is 13.3. The zero-order chi connectivity index (χ0) is 56.3. The van der Waals surface area contributed by atoms with Crippen LogP contribution in [0.3, 0.4) is 0 Å². The van der Waals surface area contributed by atoms with Crippen molar-refractivity contribution in [3.8, 4) is 11.1 Å². The second-order valence-corrected chi connectivity index (χ2v) is 19.4. The molecule has 8 bridgehead atoms. The van der Waals surface area contributed by atoms with Crippen LogP contribution in [0.1, 0.15) is 125 Å². The molecule has 19 heteroatoms. The van der Waals surface area contributed by atoms with Crippen LogP contribution in [0, 0.1) is 13.8 Å². The SMILES string of the molecule is C=C1NC(=O)N([C@@H]2O[C@H](COC(C)=O)[C@@H](OC(C)=O)[C@H]2OC(C)=O)C=C1/C=C/c1ccc(-c2c3nc(cc4[n-]c(cc5nc(cc6[n-]c2c(C)c6CC)C(C)=C5CCC(=O)OC)c(CCC(=O)OC)c4C)C(CC)=C3C)cc1.[Zn+2]. The van der Waals surface area contributed by atoms with E-state index in [-0.39, 0.29) is 56.6 Å². The maximum absolute atomic E-state index is 13.6. The Kier molecular flexibility index (Phi) is 18.6. The topological polar surface area (TPSA) is 227 Å². The number of rotatable bonds is 16. The van der Waals surface area contributed by atoms with Gasteiger partial charge in [0.1, 0.15) is 12.7 Å². The van der Waals surface area contributed by atoms with Crippen molar-refractivity contribution in [2.75, 3.05) is 20.8 Å². The number of esters is 5. The van der Waals surface area contributed by atoms with Crippen LogP contribution in [0.2, 0.25) is 0 Å². The van der Waals surface area contributed by atoms with Gasteiger partial charge < -0.3 is 43.7 Å². The van der Waals surface area contributed by atoms with E-state index in [0.29, 0.717) is 53.7 Å². The Balaban J connectivity index is 0.00000903. The first-order valence-electron chi connectivity index (χ1n) is 25.9. The van der Waals surface area contributed by atoms with Crippen LogP contribution < -0.4 is 15.3 Å². The number of benzene rings is 1. The summed E-state index contributed by atoms with van der Waals surface area (Å²) in [4.78, 5) is 97.5. The minimum absolute atomic E-state index is 0. The smallest absolute Gasteiger partial charge is 0.657 e. The van der Waals surface area contributed by atoms with Crippen LogP contribution in [0.5, 0.6) is 0 Å². The first kappa shape index (κ1) is 58.9. The molecule has 1 aromatic carbocycles. The molecule has 1 fully saturated rings. The molecule has 0 aliphatic carbocycles. The molecular formula is C60H64N6O12Zn. The van der Waals surface area contributed by atoms with Crippen LogP contribution in [-0.2, 0) is 84.7 Å². The number of aryl methyl sites for hydroxylation is 4. The number of fused-ring (bicyclic) bond motifs is 8. The molecule has 1 N–H and O–H groups in total. The standard InChI is InChI=1S/C60H65N6O12.Zn/c1-13-41-32(5)55-54(39-18-15-38(16-19-39)17-20-40-28-66(60(72)61-34(40)7)59-58(77-37(10)69)57(76-36(9)68)51(78-59)29-75-35(8)67)56-33(6)42(14-2)48(65-56)26-46-31(4)44(22-24-53(71)74-12)50(63-46)27-49-43(21-23-52(70)73-11)30(3)45(62-49)25-47(41)64-55;/h15-20,25-28,51,57-59H,7,13-14,21-24,29H2,1-6,8-12H3,(H2-,61,62,63,64,65,72);/q-1;+2/p-1/b20-17+,45-25?,46-26?,47-25?,48-26?,49-27?,50-27?,55-54?,56-54?;/t51-,57-,58-,59-;/m1./s1. The minimum Gasteiger partial charge on any atom is -0.657 e. The fourth-order valence-corrected chi connectivity index (χ4v) is 10.4. The average Bonchev–Trinajstić information content (AvgIpc) is 4.39. The van der Waals surface area contributed by atoms with E-state index < -0.39 is 48.5 Å². The fraction of sp³-hybridized carbons (Fsp3) is 0.367. The largest absolute Gasteiger partial charge is 2.00 e. The number of nitrogens with zero attached hydrogens (tertiary/aromatic N) is 5. The van der Waals surface area contributed by atoms with Gasteiger partial charge in [0.05, 0.1) is 37.0 Å². The van der Waals surface area contributed by atoms with E-state index in [9.17, 15) is 28.8 Å². The normalized spacial score (nSPS) is 18.1. The summed E-state index contributed by atoms with van der Waals surface area (Å²) in [5.74, 6) is -2.69. The van der Waals surface area contributed by atoms with Crippen LogP contribution in [0.4, 0.5) is 4.79 Å².